The average Bonchev–Trinajstić information content (AvgIpc) is 3.37. The van der Waals surface area contributed by atoms with Gasteiger partial charge in [-0.15, -0.1) is 0 Å². The molecule has 1 amide bonds. The van der Waals surface area contributed by atoms with Crippen LogP contribution in [0.5, 0.6) is 0 Å². The first kappa shape index (κ1) is 20.3. The number of Topliss-reactive ketones (excluding diaryl/α,β-unsaturated/α-hetero) is 1. The first-order valence-corrected chi connectivity index (χ1v) is 11.9. The predicted molar refractivity (Wildman–Crippen MR) is 116 cm³/mol. The first-order valence-electron chi connectivity index (χ1n) is 11.9. The number of hydrogen-bond acceptors (Lipinski definition) is 4. The van der Waals surface area contributed by atoms with Gasteiger partial charge in [0.15, 0.2) is 5.78 Å². The fourth-order valence-electron chi connectivity index (χ4n) is 6.70. The van der Waals surface area contributed by atoms with Gasteiger partial charge in [-0.1, -0.05) is 13.3 Å². The van der Waals surface area contributed by atoms with Gasteiger partial charge in [-0.3, -0.25) is 14.5 Å². The largest absolute Gasteiger partial charge is 0.362 e. The molecule has 2 N–H and O–H groups in total. The van der Waals surface area contributed by atoms with E-state index in [2.05, 4.69) is 40.9 Å². The summed E-state index contributed by atoms with van der Waals surface area (Å²) in [5.41, 5.74) is 4.02. The van der Waals surface area contributed by atoms with E-state index in [4.69, 9.17) is 0 Å². The maximum absolute atomic E-state index is 13.2. The third-order valence-electron chi connectivity index (χ3n) is 8.70. The van der Waals surface area contributed by atoms with Crippen molar-refractivity contribution in [2.45, 2.75) is 77.3 Å². The number of aromatic amines is 1. The van der Waals surface area contributed by atoms with E-state index < -0.39 is 0 Å². The molecule has 4 aliphatic rings. The number of hydrogen-bond donors (Lipinski definition) is 2. The van der Waals surface area contributed by atoms with Crippen LogP contribution in [0.3, 0.4) is 0 Å². The number of piperidine rings is 1. The first-order chi connectivity index (χ1) is 14.4. The highest BCUT2D eigenvalue weighted by Gasteiger charge is 2.53. The number of amides is 1. The third-order valence-corrected chi connectivity index (χ3v) is 8.70. The molecule has 2 saturated heterocycles. The van der Waals surface area contributed by atoms with Gasteiger partial charge in [0.2, 0.25) is 5.91 Å². The van der Waals surface area contributed by atoms with Crippen LogP contribution in [0.2, 0.25) is 0 Å². The maximum atomic E-state index is 13.2. The maximum Gasteiger partial charge on any atom is 0.241 e. The van der Waals surface area contributed by atoms with Crippen LogP contribution in [0.25, 0.3) is 0 Å². The van der Waals surface area contributed by atoms with Crippen LogP contribution >= 0.6 is 0 Å². The van der Waals surface area contributed by atoms with Crippen LogP contribution in [0.4, 0.5) is 0 Å². The number of ketones is 1. The molecule has 0 bridgehead atoms. The normalized spacial score (nSPS) is 32.0. The molecule has 1 aromatic rings. The average molecular weight is 413 g/mol. The summed E-state index contributed by atoms with van der Waals surface area (Å²) in [6, 6.07) is 0.536. The van der Waals surface area contributed by atoms with Crippen molar-refractivity contribution in [2.75, 3.05) is 26.3 Å². The summed E-state index contributed by atoms with van der Waals surface area (Å²) in [6.45, 7) is 9.83. The minimum atomic E-state index is -0.322. The van der Waals surface area contributed by atoms with Crippen molar-refractivity contribution in [2.24, 2.45) is 11.8 Å². The van der Waals surface area contributed by atoms with Crippen molar-refractivity contribution in [3.05, 3.63) is 22.5 Å². The predicted octanol–water partition coefficient (Wildman–Crippen LogP) is 2.79. The van der Waals surface area contributed by atoms with E-state index in [1.165, 1.54) is 19.3 Å². The van der Waals surface area contributed by atoms with Crippen LogP contribution in [0, 0.1) is 25.7 Å². The van der Waals surface area contributed by atoms with Gasteiger partial charge in [0.1, 0.15) is 5.54 Å². The molecule has 164 valence electrons. The fourth-order valence-corrected chi connectivity index (χ4v) is 6.70. The number of carbonyl (C=O) groups excluding carboxylic acids is 2. The van der Waals surface area contributed by atoms with E-state index in [0.29, 0.717) is 24.4 Å². The highest BCUT2D eigenvalue weighted by atomic mass is 16.2. The van der Waals surface area contributed by atoms with E-state index in [9.17, 15) is 9.59 Å². The lowest BCUT2D eigenvalue weighted by Gasteiger charge is -2.46. The summed E-state index contributed by atoms with van der Waals surface area (Å²) in [7, 11) is 0. The summed E-state index contributed by atoms with van der Waals surface area (Å²) in [4.78, 5) is 34.4. The zero-order chi connectivity index (χ0) is 21.0. The molecule has 0 aromatic carbocycles. The van der Waals surface area contributed by atoms with Crippen LogP contribution in [-0.4, -0.2) is 64.4 Å². The molecule has 2 aliphatic heterocycles. The number of aromatic nitrogens is 1. The molecular weight excluding hydrogens is 376 g/mol. The minimum absolute atomic E-state index is 0.0869. The molecule has 3 heterocycles. The molecule has 1 spiro atoms. The van der Waals surface area contributed by atoms with Crippen LogP contribution < -0.4 is 5.32 Å². The Balaban J connectivity index is 1.25. The number of carbonyl (C=O) groups is 2. The molecule has 6 heteroatoms. The highest BCUT2D eigenvalue weighted by molar-refractivity contribution is 6.01. The number of likely N-dealkylation sites (tertiary alicyclic amines) is 1. The lowest BCUT2D eigenvalue weighted by molar-refractivity contribution is -0.130. The molecule has 6 nitrogen and oxygen atoms in total. The zero-order valence-corrected chi connectivity index (χ0v) is 18.7. The van der Waals surface area contributed by atoms with Gasteiger partial charge in [-0.25, -0.2) is 0 Å². The quantitative estimate of drug-likeness (QED) is 0.801. The monoisotopic (exact) mass is 412 g/mol. The molecule has 0 radical (unpaired) electrons. The molecule has 5 rings (SSSR count). The van der Waals surface area contributed by atoms with Crippen molar-refractivity contribution in [1.82, 2.24) is 20.1 Å². The molecule has 2 aliphatic carbocycles. The number of fused-ring (bicyclic) bond motifs is 1. The number of H-pyrrole nitrogens is 1. The van der Waals surface area contributed by atoms with Gasteiger partial charge in [0.05, 0.1) is 6.67 Å². The zero-order valence-electron chi connectivity index (χ0n) is 18.7. The number of nitrogens with zero attached hydrogens (tertiary/aromatic N) is 2. The highest BCUT2D eigenvalue weighted by Crippen LogP contribution is 2.40. The third kappa shape index (κ3) is 3.06. The van der Waals surface area contributed by atoms with E-state index in [1.807, 2.05) is 0 Å². The Hall–Kier alpha value is -1.66. The van der Waals surface area contributed by atoms with Crippen LogP contribution in [0.15, 0.2) is 0 Å². The number of rotatable bonds is 3. The Labute approximate surface area is 179 Å². The molecule has 3 unspecified atom stereocenters. The van der Waals surface area contributed by atoms with Gasteiger partial charge >= 0.3 is 0 Å². The standard InChI is InChI=1S/C24H36N4O2/c1-15-5-4-6-20(15)28-14-25-23(30)24(28)9-11-27(12-10-24)13-18-7-8-19-21(22(18)29)16(2)17(3)26-19/h15,18,20,26H,4-14H2,1-3H3,(H,25,30). The second kappa shape index (κ2) is 7.49. The van der Waals surface area contributed by atoms with Gasteiger partial charge in [-0.05, 0) is 63.9 Å². The minimum Gasteiger partial charge on any atom is -0.362 e. The fraction of sp³-hybridized carbons (Fsp3) is 0.750. The molecule has 1 saturated carbocycles. The molecule has 3 fully saturated rings. The van der Waals surface area contributed by atoms with Gasteiger partial charge < -0.3 is 15.2 Å². The summed E-state index contributed by atoms with van der Waals surface area (Å²) < 4.78 is 0. The van der Waals surface area contributed by atoms with E-state index in [-0.39, 0.29) is 17.4 Å². The lowest BCUT2D eigenvalue weighted by atomic mass is 9.81. The Morgan fingerprint density at radius 2 is 1.87 bits per heavy atom. The molecule has 3 atom stereocenters. The number of nitrogens with one attached hydrogen (secondary N) is 2. The van der Waals surface area contributed by atoms with Crippen molar-refractivity contribution < 1.29 is 9.59 Å². The topological polar surface area (TPSA) is 68.4 Å². The summed E-state index contributed by atoms with van der Waals surface area (Å²) >= 11 is 0. The van der Waals surface area contributed by atoms with Crippen molar-refractivity contribution in [1.29, 1.82) is 0 Å². The molecular formula is C24H36N4O2. The SMILES string of the molecule is Cc1[nH]c2c(c1C)C(=O)C(CN1CCC3(CC1)C(=O)NCN3C1CCCC1C)CC2. The Morgan fingerprint density at radius 3 is 2.57 bits per heavy atom. The summed E-state index contributed by atoms with van der Waals surface area (Å²) in [6.07, 6.45) is 7.44. The number of aryl methyl sites for hydroxylation is 2. The Bertz CT molecular complexity index is 852. The van der Waals surface area contributed by atoms with Gasteiger partial charge in [-0.2, -0.15) is 0 Å². The van der Waals surface area contributed by atoms with E-state index in [0.717, 1.165) is 67.8 Å². The van der Waals surface area contributed by atoms with E-state index in [1.54, 1.807) is 0 Å². The molecule has 1 aromatic heterocycles. The van der Waals surface area contributed by atoms with Gasteiger partial charge in [0.25, 0.3) is 0 Å². The lowest BCUT2D eigenvalue weighted by Crippen LogP contribution is -2.59. The van der Waals surface area contributed by atoms with Crippen molar-refractivity contribution >= 4 is 11.7 Å². The molecule has 30 heavy (non-hydrogen) atoms. The van der Waals surface area contributed by atoms with Gasteiger partial charge in [0, 0.05) is 48.5 Å². The smallest absolute Gasteiger partial charge is 0.241 e. The second-order valence-electron chi connectivity index (χ2n) is 10.3. The van der Waals surface area contributed by atoms with Crippen molar-refractivity contribution in [3.8, 4) is 0 Å². The van der Waals surface area contributed by atoms with Crippen LogP contribution in [-0.2, 0) is 11.2 Å². The Morgan fingerprint density at radius 1 is 1.10 bits per heavy atom. The van der Waals surface area contributed by atoms with Crippen LogP contribution in [0.1, 0.15) is 72.8 Å². The summed E-state index contributed by atoms with van der Waals surface area (Å²) in [5.74, 6) is 1.31. The summed E-state index contributed by atoms with van der Waals surface area (Å²) in [5, 5.41) is 3.16. The van der Waals surface area contributed by atoms with Crippen molar-refractivity contribution in [3.63, 3.8) is 0 Å². The van der Waals surface area contributed by atoms with E-state index >= 15 is 0 Å². The Kier molecular flexibility index (Phi) is 5.05. The second-order valence-corrected chi connectivity index (χ2v) is 10.3.